The Morgan fingerprint density at radius 3 is 1.95 bits per heavy atom. The summed E-state index contributed by atoms with van der Waals surface area (Å²) in [5.74, 6) is -0.0590. The molecular weight excluding hydrogens is 528 g/mol. The quantitative estimate of drug-likeness (QED) is 0.217. The molecular formula is C29H27F2N9O. The lowest BCUT2D eigenvalue weighted by Crippen LogP contribution is -2.10. The Morgan fingerprint density at radius 2 is 1.44 bits per heavy atom. The van der Waals surface area contributed by atoms with Gasteiger partial charge in [-0.15, -0.1) is 0 Å². The van der Waals surface area contributed by atoms with Gasteiger partial charge in [0.05, 0.1) is 13.2 Å². The van der Waals surface area contributed by atoms with E-state index in [9.17, 15) is 8.78 Å². The second-order valence-corrected chi connectivity index (χ2v) is 9.62. The predicted octanol–water partition coefficient (Wildman–Crippen LogP) is 5.92. The number of hydrogen-bond donors (Lipinski definition) is 2. The van der Waals surface area contributed by atoms with E-state index in [1.54, 1.807) is 60.7 Å². The molecule has 4 aromatic heterocycles. The van der Waals surface area contributed by atoms with Crippen molar-refractivity contribution in [2.75, 3.05) is 17.2 Å². The number of anilines is 4. The number of pyridine rings is 2. The average molecular weight is 556 g/mol. The van der Waals surface area contributed by atoms with Gasteiger partial charge in [-0.2, -0.15) is 20.1 Å². The third kappa shape index (κ3) is 5.81. The standard InChI is InChI=1S/C29H27F2N9O/c1-3-41-21-14-23(30)22(24(31)15-21)16-40-26(18-4-5-18)17(2)25(39-40)27-36-28(34-19-6-10-32-11-7-19)38-29(37-27)35-20-8-12-33-13-9-20/h6-15,18H,3-5,16H2,1-2H3,(H2,32,33,34,35,36,37,38). The number of hydrogen-bond acceptors (Lipinski definition) is 9. The van der Waals surface area contributed by atoms with Crippen LogP contribution < -0.4 is 15.4 Å². The van der Waals surface area contributed by atoms with Crippen molar-refractivity contribution in [3.05, 3.63) is 89.6 Å². The highest BCUT2D eigenvalue weighted by Crippen LogP contribution is 2.44. The van der Waals surface area contributed by atoms with Gasteiger partial charge in [0.25, 0.3) is 0 Å². The number of nitrogens with one attached hydrogen (secondary N) is 2. The minimum atomic E-state index is -0.683. The lowest BCUT2D eigenvalue weighted by atomic mass is 10.1. The molecule has 1 saturated carbocycles. The number of aromatic nitrogens is 7. The van der Waals surface area contributed by atoms with Gasteiger partial charge < -0.3 is 15.4 Å². The molecule has 1 fully saturated rings. The summed E-state index contributed by atoms with van der Waals surface area (Å²) < 4.78 is 37.0. The summed E-state index contributed by atoms with van der Waals surface area (Å²) in [6.45, 7) is 3.93. The Morgan fingerprint density at radius 1 is 0.878 bits per heavy atom. The van der Waals surface area contributed by atoms with E-state index in [0.29, 0.717) is 30.0 Å². The molecule has 0 spiro atoms. The van der Waals surface area contributed by atoms with Crippen molar-refractivity contribution in [2.24, 2.45) is 0 Å². The highest BCUT2D eigenvalue weighted by Gasteiger charge is 2.32. The fraction of sp³-hybridized carbons (Fsp3) is 0.241. The Kier molecular flexibility index (Phi) is 7.19. The Labute approximate surface area is 234 Å². The molecule has 0 unspecified atom stereocenters. The summed E-state index contributed by atoms with van der Waals surface area (Å²) in [7, 11) is 0. The molecule has 1 aliphatic rings. The monoisotopic (exact) mass is 555 g/mol. The maximum absolute atomic E-state index is 15.0. The first-order valence-corrected chi connectivity index (χ1v) is 13.3. The molecule has 0 atom stereocenters. The Hall–Kier alpha value is -5.00. The van der Waals surface area contributed by atoms with Crippen LogP contribution in [0, 0.1) is 18.6 Å². The molecule has 2 N–H and O–H groups in total. The van der Waals surface area contributed by atoms with E-state index in [2.05, 4.69) is 35.6 Å². The molecule has 0 saturated heterocycles. The molecule has 1 aliphatic carbocycles. The lowest BCUT2D eigenvalue weighted by molar-refractivity contribution is 0.335. The molecule has 1 aromatic carbocycles. The number of nitrogens with zero attached hydrogens (tertiary/aromatic N) is 7. The van der Waals surface area contributed by atoms with Crippen molar-refractivity contribution in [3.63, 3.8) is 0 Å². The molecule has 0 radical (unpaired) electrons. The van der Waals surface area contributed by atoms with Crippen molar-refractivity contribution in [2.45, 2.75) is 39.2 Å². The lowest BCUT2D eigenvalue weighted by Gasteiger charge is -2.11. The van der Waals surface area contributed by atoms with Crippen molar-refractivity contribution in [1.29, 1.82) is 0 Å². The number of ether oxygens (including phenoxy) is 1. The highest BCUT2D eigenvalue weighted by atomic mass is 19.1. The van der Waals surface area contributed by atoms with Gasteiger partial charge in [-0.1, -0.05) is 0 Å². The van der Waals surface area contributed by atoms with Crippen LogP contribution in [0.15, 0.2) is 61.2 Å². The summed E-state index contributed by atoms with van der Waals surface area (Å²) in [6, 6.07) is 9.59. The fourth-order valence-corrected chi connectivity index (χ4v) is 4.62. The van der Waals surface area contributed by atoms with Crippen LogP contribution in [-0.4, -0.2) is 41.3 Å². The van der Waals surface area contributed by atoms with Gasteiger partial charge in [0, 0.05) is 71.0 Å². The summed E-state index contributed by atoms with van der Waals surface area (Å²) in [5.41, 5.74) is 3.69. The van der Waals surface area contributed by atoms with E-state index < -0.39 is 11.6 Å². The molecule has 6 rings (SSSR count). The van der Waals surface area contributed by atoms with Crippen molar-refractivity contribution < 1.29 is 13.5 Å². The maximum atomic E-state index is 15.0. The van der Waals surface area contributed by atoms with Crippen LogP contribution in [0.25, 0.3) is 11.5 Å². The molecule has 0 bridgehead atoms. The minimum Gasteiger partial charge on any atom is -0.494 e. The fourth-order valence-electron chi connectivity index (χ4n) is 4.62. The van der Waals surface area contributed by atoms with Crippen LogP contribution in [0.2, 0.25) is 0 Å². The van der Waals surface area contributed by atoms with Crippen LogP contribution in [0.4, 0.5) is 32.1 Å². The number of halogens is 2. The molecule has 0 aliphatic heterocycles. The molecule has 5 aromatic rings. The third-order valence-corrected chi connectivity index (χ3v) is 6.66. The normalized spacial score (nSPS) is 12.8. The average Bonchev–Trinajstić information content (AvgIpc) is 3.74. The van der Waals surface area contributed by atoms with Crippen LogP contribution in [0.5, 0.6) is 5.75 Å². The van der Waals surface area contributed by atoms with Crippen molar-refractivity contribution >= 4 is 23.3 Å². The first kappa shape index (κ1) is 26.2. The first-order chi connectivity index (χ1) is 20.0. The van der Waals surface area contributed by atoms with Crippen LogP contribution in [0.3, 0.4) is 0 Å². The van der Waals surface area contributed by atoms with Gasteiger partial charge in [0.2, 0.25) is 11.9 Å². The van der Waals surface area contributed by atoms with Gasteiger partial charge in [-0.3, -0.25) is 14.6 Å². The molecule has 10 nitrogen and oxygen atoms in total. The van der Waals surface area contributed by atoms with E-state index in [4.69, 9.17) is 9.84 Å². The molecule has 0 amide bonds. The van der Waals surface area contributed by atoms with Gasteiger partial charge in [0.15, 0.2) is 5.82 Å². The van der Waals surface area contributed by atoms with E-state index in [0.717, 1.165) is 35.5 Å². The van der Waals surface area contributed by atoms with Crippen LogP contribution in [-0.2, 0) is 6.54 Å². The largest absolute Gasteiger partial charge is 0.494 e. The highest BCUT2D eigenvalue weighted by molar-refractivity contribution is 5.64. The number of benzene rings is 1. The van der Waals surface area contributed by atoms with E-state index in [1.165, 1.54) is 12.1 Å². The SMILES string of the molecule is CCOc1cc(F)c(Cn2nc(-c3nc(Nc4ccncc4)nc(Nc4ccncc4)n3)c(C)c2C2CC2)c(F)c1. The summed E-state index contributed by atoms with van der Waals surface area (Å²) in [6.07, 6.45) is 8.59. The zero-order chi connectivity index (χ0) is 28.3. The van der Waals surface area contributed by atoms with Crippen LogP contribution in [0.1, 0.15) is 42.5 Å². The summed E-state index contributed by atoms with van der Waals surface area (Å²) >= 11 is 0. The Balaban J connectivity index is 1.41. The zero-order valence-electron chi connectivity index (χ0n) is 22.5. The third-order valence-electron chi connectivity index (χ3n) is 6.66. The van der Waals surface area contributed by atoms with Crippen molar-refractivity contribution in [1.82, 2.24) is 34.7 Å². The molecule has 208 valence electrons. The molecule has 12 heteroatoms. The smallest absolute Gasteiger partial charge is 0.232 e. The topological polar surface area (TPSA) is 116 Å². The first-order valence-electron chi connectivity index (χ1n) is 13.3. The molecule has 4 heterocycles. The van der Waals surface area contributed by atoms with Gasteiger partial charge in [-0.05, 0) is 51.0 Å². The van der Waals surface area contributed by atoms with Crippen LogP contribution >= 0.6 is 0 Å². The number of rotatable bonds is 10. The van der Waals surface area contributed by atoms with Crippen molar-refractivity contribution in [3.8, 4) is 17.3 Å². The predicted molar refractivity (Wildman–Crippen MR) is 149 cm³/mol. The van der Waals surface area contributed by atoms with Gasteiger partial charge in [-0.25, -0.2) is 8.78 Å². The van der Waals surface area contributed by atoms with Gasteiger partial charge in [0.1, 0.15) is 23.1 Å². The second kappa shape index (κ2) is 11.2. The maximum Gasteiger partial charge on any atom is 0.232 e. The van der Waals surface area contributed by atoms with E-state index >= 15 is 0 Å². The second-order valence-electron chi connectivity index (χ2n) is 9.62. The summed E-state index contributed by atoms with van der Waals surface area (Å²) in [5, 5.41) is 11.2. The van der Waals surface area contributed by atoms with E-state index in [-0.39, 0.29) is 23.8 Å². The minimum absolute atomic E-state index is 0.0773. The molecule has 41 heavy (non-hydrogen) atoms. The Bertz CT molecular complexity index is 1590. The zero-order valence-corrected chi connectivity index (χ0v) is 22.5. The van der Waals surface area contributed by atoms with Gasteiger partial charge >= 0.3 is 0 Å². The summed E-state index contributed by atoms with van der Waals surface area (Å²) in [4.78, 5) is 22.0. The van der Waals surface area contributed by atoms with E-state index in [1.807, 2.05) is 6.92 Å².